The minimum absolute atomic E-state index is 0.0119. The van der Waals surface area contributed by atoms with Crippen LogP contribution in [-0.2, 0) is 5.41 Å². The first-order valence-electron chi connectivity index (χ1n) is 24.6. The molecular weight excluding hydrogens is 857 g/mol. The predicted octanol–water partition coefficient (Wildman–Crippen LogP) is 13.9. The third-order valence-electron chi connectivity index (χ3n) is 15.7. The van der Waals surface area contributed by atoms with Crippen LogP contribution in [0.15, 0.2) is 194 Å². The van der Waals surface area contributed by atoms with Crippen molar-refractivity contribution < 1.29 is 0 Å². The number of aromatic nitrogens is 8. The molecule has 0 saturated heterocycles. The normalized spacial score (nSPS) is 20.3. The Labute approximate surface area is 406 Å². The molecule has 4 heterocycles. The Morgan fingerprint density at radius 3 is 1.16 bits per heavy atom. The number of hydrogen-bond acceptors (Lipinski definition) is 8. The summed E-state index contributed by atoms with van der Waals surface area (Å²) in [6, 6.07) is 63.1. The van der Waals surface area contributed by atoms with Gasteiger partial charge in [0.25, 0.3) is 0 Å². The standard InChI is InChI=1S/C62H46N8/c1-5-14-40(15-6-1)56-65-57(41-16-7-2-8-17-41)68-60(67-56)45-25-28-53(63-36-45)44-24-27-51-50(35-44)55-49(22-13-23-52(55)62(51)47-31-38-30-39(33-47)34-48(62)32-38)54-29-26-46(37-64-54)61-69-58(42-18-9-3-10-19-42)66-59(70-61)43-20-11-4-12-21-43/h1-29,35-39,47-48H,30-34H2. The average Bonchev–Trinajstić information content (AvgIpc) is 3.73. The summed E-state index contributed by atoms with van der Waals surface area (Å²) in [5.41, 5.74) is 15.1. The summed E-state index contributed by atoms with van der Waals surface area (Å²) >= 11 is 0. The summed E-state index contributed by atoms with van der Waals surface area (Å²) in [5, 5.41) is 0. The fraction of sp³-hybridized carbons (Fsp3) is 0.161. The second kappa shape index (κ2) is 16.4. The highest BCUT2D eigenvalue weighted by molar-refractivity contribution is 5.94. The maximum atomic E-state index is 5.25. The summed E-state index contributed by atoms with van der Waals surface area (Å²) in [5.74, 6) is 6.64. The van der Waals surface area contributed by atoms with Crippen LogP contribution in [0.25, 0.3) is 102 Å². The van der Waals surface area contributed by atoms with Crippen LogP contribution in [0.1, 0.15) is 43.2 Å². The van der Waals surface area contributed by atoms with Crippen LogP contribution in [0, 0.1) is 23.7 Å². The average molecular weight is 903 g/mol. The molecular formula is C62H46N8. The molecule has 5 aliphatic rings. The second-order valence-electron chi connectivity index (χ2n) is 19.6. The van der Waals surface area contributed by atoms with E-state index in [2.05, 4.69) is 60.7 Å². The zero-order chi connectivity index (χ0) is 46.2. The van der Waals surface area contributed by atoms with E-state index >= 15 is 0 Å². The smallest absolute Gasteiger partial charge is 0.165 e. The summed E-state index contributed by atoms with van der Waals surface area (Å²) < 4.78 is 0. The number of fused-ring (bicyclic) bond motifs is 3. The van der Waals surface area contributed by atoms with E-state index in [4.69, 9.17) is 39.9 Å². The quantitative estimate of drug-likeness (QED) is 0.149. The lowest BCUT2D eigenvalue weighted by Gasteiger charge is -2.61. The molecule has 0 aliphatic heterocycles. The number of rotatable bonds is 8. The molecule has 0 unspecified atom stereocenters. The molecule has 10 aromatic rings. The lowest BCUT2D eigenvalue weighted by atomic mass is 9.43. The van der Waals surface area contributed by atoms with Crippen LogP contribution in [0.3, 0.4) is 0 Å². The first-order chi connectivity index (χ1) is 34.6. The predicted molar refractivity (Wildman–Crippen MR) is 276 cm³/mol. The van der Waals surface area contributed by atoms with Crippen molar-refractivity contribution >= 4 is 0 Å². The van der Waals surface area contributed by atoms with Crippen molar-refractivity contribution in [3.63, 3.8) is 0 Å². The van der Waals surface area contributed by atoms with Crippen LogP contribution in [0.5, 0.6) is 0 Å². The van der Waals surface area contributed by atoms with Gasteiger partial charge in [-0.3, -0.25) is 9.97 Å². The van der Waals surface area contributed by atoms with Gasteiger partial charge in [0.05, 0.1) is 11.4 Å². The van der Waals surface area contributed by atoms with Crippen LogP contribution in [0.2, 0.25) is 0 Å². The van der Waals surface area contributed by atoms with E-state index in [0.717, 1.165) is 67.7 Å². The molecule has 0 amide bonds. The molecule has 70 heavy (non-hydrogen) atoms. The molecule has 5 aliphatic carbocycles. The van der Waals surface area contributed by atoms with Gasteiger partial charge < -0.3 is 0 Å². The minimum atomic E-state index is -0.0119. The van der Waals surface area contributed by atoms with Crippen molar-refractivity contribution in [3.8, 4) is 102 Å². The van der Waals surface area contributed by atoms with Crippen LogP contribution in [0.4, 0.5) is 0 Å². The Bertz CT molecular complexity index is 3440. The Balaban J connectivity index is 0.863. The van der Waals surface area contributed by atoms with Crippen LogP contribution in [-0.4, -0.2) is 39.9 Å². The first kappa shape index (κ1) is 40.7. The third kappa shape index (κ3) is 6.72. The molecule has 4 bridgehead atoms. The molecule has 0 radical (unpaired) electrons. The van der Waals surface area contributed by atoms with Gasteiger partial charge in [-0.2, -0.15) is 0 Å². The van der Waals surface area contributed by atoms with E-state index in [1.54, 1.807) is 0 Å². The highest BCUT2D eigenvalue weighted by Crippen LogP contribution is 2.70. The fourth-order valence-corrected chi connectivity index (χ4v) is 12.9. The van der Waals surface area contributed by atoms with E-state index in [-0.39, 0.29) is 5.41 Å². The Morgan fingerprint density at radius 1 is 0.314 bits per heavy atom. The van der Waals surface area contributed by atoms with Gasteiger partial charge in [0.15, 0.2) is 34.9 Å². The topological polar surface area (TPSA) is 103 Å². The molecule has 1 spiro atoms. The van der Waals surface area contributed by atoms with Gasteiger partial charge in [-0.05, 0) is 108 Å². The van der Waals surface area contributed by atoms with Gasteiger partial charge in [0.2, 0.25) is 0 Å². The van der Waals surface area contributed by atoms with E-state index < -0.39 is 0 Å². The Hall–Kier alpha value is -8.36. The van der Waals surface area contributed by atoms with Gasteiger partial charge in [0.1, 0.15) is 0 Å². The SMILES string of the molecule is c1ccc(-c2nc(-c3ccccc3)nc(-c3ccc(-c4ccc5c(c4)-c4c(-c6ccc(-c7nc(-c8ccccc8)nc(-c8ccccc8)n7)cn6)cccc4C54C5CC6CC(C5)CC4C6)nc3)n2)cc1. The zero-order valence-electron chi connectivity index (χ0n) is 38.4. The summed E-state index contributed by atoms with van der Waals surface area (Å²) in [6.45, 7) is 0. The number of benzene rings is 6. The maximum Gasteiger partial charge on any atom is 0.165 e. The lowest BCUT2D eigenvalue weighted by molar-refractivity contribution is -0.0399. The van der Waals surface area contributed by atoms with Gasteiger partial charge in [-0.25, -0.2) is 29.9 Å². The first-order valence-corrected chi connectivity index (χ1v) is 24.6. The zero-order valence-corrected chi connectivity index (χ0v) is 38.4. The van der Waals surface area contributed by atoms with Crippen LogP contribution >= 0.6 is 0 Å². The molecule has 4 saturated carbocycles. The molecule has 15 rings (SSSR count). The number of hydrogen-bond donors (Lipinski definition) is 0. The van der Waals surface area contributed by atoms with Crippen molar-refractivity contribution in [2.45, 2.75) is 37.5 Å². The number of pyridine rings is 2. The van der Waals surface area contributed by atoms with E-state index in [9.17, 15) is 0 Å². The van der Waals surface area contributed by atoms with Gasteiger partial charge in [-0.15, -0.1) is 0 Å². The van der Waals surface area contributed by atoms with Crippen molar-refractivity contribution in [1.82, 2.24) is 39.9 Å². The summed E-state index contributed by atoms with van der Waals surface area (Å²) in [6.07, 6.45) is 10.5. The largest absolute Gasteiger partial charge is 0.255 e. The maximum absolute atomic E-state index is 5.25. The van der Waals surface area contributed by atoms with Crippen molar-refractivity contribution in [2.24, 2.45) is 23.7 Å². The van der Waals surface area contributed by atoms with Crippen molar-refractivity contribution in [1.29, 1.82) is 0 Å². The molecule has 8 nitrogen and oxygen atoms in total. The summed E-state index contributed by atoms with van der Waals surface area (Å²) in [7, 11) is 0. The molecule has 6 aromatic carbocycles. The van der Waals surface area contributed by atoms with E-state index in [1.165, 1.54) is 54.4 Å². The molecule has 334 valence electrons. The highest BCUT2D eigenvalue weighted by Gasteiger charge is 2.61. The molecule has 0 atom stereocenters. The molecule has 8 heteroatoms. The summed E-state index contributed by atoms with van der Waals surface area (Å²) in [4.78, 5) is 40.1. The third-order valence-corrected chi connectivity index (χ3v) is 15.7. The lowest BCUT2D eigenvalue weighted by Crippen LogP contribution is -2.55. The van der Waals surface area contributed by atoms with Gasteiger partial charge >= 0.3 is 0 Å². The van der Waals surface area contributed by atoms with Crippen molar-refractivity contribution in [3.05, 3.63) is 206 Å². The van der Waals surface area contributed by atoms with Crippen molar-refractivity contribution in [2.75, 3.05) is 0 Å². The Kier molecular flexibility index (Phi) is 9.54. The van der Waals surface area contributed by atoms with E-state index in [1.807, 2.05) is 134 Å². The van der Waals surface area contributed by atoms with Gasteiger partial charge in [-0.1, -0.05) is 152 Å². The fourth-order valence-electron chi connectivity index (χ4n) is 12.9. The van der Waals surface area contributed by atoms with E-state index in [0.29, 0.717) is 46.8 Å². The second-order valence-corrected chi connectivity index (χ2v) is 19.6. The molecule has 0 N–H and O–H groups in total. The Morgan fingerprint density at radius 2 is 0.729 bits per heavy atom. The minimum Gasteiger partial charge on any atom is -0.255 e. The van der Waals surface area contributed by atoms with Gasteiger partial charge in [0, 0.05) is 62.3 Å². The highest BCUT2D eigenvalue weighted by atomic mass is 15.0. The molecule has 4 fully saturated rings. The van der Waals surface area contributed by atoms with Crippen LogP contribution < -0.4 is 0 Å². The monoisotopic (exact) mass is 902 g/mol. The molecule has 4 aromatic heterocycles. The number of nitrogens with zero attached hydrogens (tertiary/aromatic N) is 8.